The molecule has 0 unspecified atom stereocenters. The van der Waals surface area contributed by atoms with Crippen molar-refractivity contribution in [3.05, 3.63) is 35.0 Å². The second-order valence-corrected chi connectivity index (χ2v) is 3.89. The smallest absolute Gasteiger partial charge is 0.137 e. The lowest BCUT2D eigenvalue weighted by atomic mass is 9.99. The topological polar surface area (TPSA) is 22.1 Å². The van der Waals surface area contributed by atoms with Crippen LogP contribution in [0.15, 0.2) is 18.3 Å². The highest BCUT2D eigenvalue weighted by Gasteiger charge is 2.05. The van der Waals surface area contributed by atoms with E-state index in [0.29, 0.717) is 0 Å². The first-order valence-electron chi connectivity index (χ1n) is 5.04. The van der Waals surface area contributed by atoms with Crippen LogP contribution < -0.4 is 4.74 Å². The van der Waals surface area contributed by atoms with E-state index in [0.717, 1.165) is 11.3 Å². The average Bonchev–Trinajstić information content (AvgIpc) is 2.26. The van der Waals surface area contributed by atoms with Gasteiger partial charge in [-0.15, -0.1) is 0 Å². The summed E-state index contributed by atoms with van der Waals surface area (Å²) in [6.45, 7) is 6.39. The Labute approximate surface area is 89.9 Å². The molecule has 0 N–H and O–H groups in total. The van der Waals surface area contributed by atoms with Gasteiger partial charge in [0, 0.05) is 5.39 Å². The van der Waals surface area contributed by atoms with Gasteiger partial charge in [0.15, 0.2) is 0 Å². The maximum atomic E-state index is 5.18. The summed E-state index contributed by atoms with van der Waals surface area (Å²) in [4.78, 5) is 4.39. The standard InChI is InChI=1S/C13H15NO/c1-8-5-13-12(10(3)9(8)2)6-11(15-4)7-14-13/h5-7H,1-4H3. The van der Waals surface area contributed by atoms with E-state index in [1.54, 1.807) is 13.3 Å². The fraction of sp³-hybridized carbons (Fsp3) is 0.308. The first-order valence-corrected chi connectivity index (χ1v) is 5.04. The van der Waals surface area contributed by atoms with Crippen LogP contribution in [0.5, 0.6) is 5.75 Å². The molecule has 0 aliphatic heterocycles. The van der Waals surface area contributed by atoms with Crippen LogP contribution in [0.3, 0.4) is 0 Å². The van der Waals surface area contributed by atoms with Gasteiger partial charge in [-0.1, -0.05) is 0 Å². The van der Waals surface area contributed by atoms with Crippen LogP contribution in [0.1, 0.15) is 16.7 Å². The summed E-state index contributed by atoms with van der Waals surface area (Å²) in [7, 11) is 1.67. The van der Waals surface area contributed by atoms with Gasteiger partial charge in [-0.2, -0.15) is 0 Å². The molecule has 0 aliphatic rings. The Morgan fingerprint density at radius 2 is 1.80 bits per heavy atom. The van der Waals surface area contributed by atoms with Gasteiger partial charge in [-0.25, -0.2) is 0 Å². The number of aryl methyl sites for hydroxylation is 2. The summed E-state index contributed by atoms with van der Waals surface area (Å²) in [6.07, 6.45) is 1.76. The number of benzene rings is 1. The minimum absolute atomic E-state index is 0.814. The molecule has 15 heavy (non-hydrogen) atoms. The molecule has 0 saturated carbocycles. The third-order valence-electron chi connectivity index (χ3n) is 3.04. The maximum Gasteiger partial charge on any atom is 0.137 e. The van der Waals surface area contributed by atoms with Gasteiger partial charge in [0.1, 0.15) is 5.75 Å². The summed E-state index contributed by atoms with van der Waals surface area (Å²) < 4.78 is 5.18. The zero-order valence-corrected chi connectivity index (χ0v) is 9.59. The highest BCUT2D eigenvalue weighted by Crippen LogP contribution is 2.25. The van der Waals surface area contributed by atoms with Crippen LogP contribution in [0.4, 0.5) is 0 Å². The number of pyridine rings is 1. The molecule has 0 saturated heterocycles. The lowest BCUT2D eigenvalue weighted by Gasteiger charge is -2.09. The second kappa shape index (κ2) is 3.54. The van der Waals surface area contributed by atoms with Crippen LogP contribution in [-0.2, 0) is 0 Å². The fourth-order valence-electron chi connectivity index (χ4n) is 1.79. The number of hydrogen-bond acceptors (Lipinski definition) is 2. The lowest BCUT2D eigenvalue weighted by molar-refractivity contribution is 0.413. The number of rotatable bonds is 1. The fourth-order valence-corrected chi connectivity index (χ4v) is 1.79. The average molecular weight is 201 g/mol. The molecule has 78 valence electrons. The molecule has 0 amide bonds. The van der Waals surface area contributed by atoms with Crippen molar-refractivity contribution in [2.45, 2.75) is 20.8 Å². The van der Waals surface area contributed by atoms with Crippen molar-refractivity contribution in [1.82, 2.24) is 4.98 Å². The van der Waals surface area contributed by atoms with Crippen molar-refractivity contribution in [1.29, 1.82) is 0 Å². The number of hydrogen-bond donors (Lipinski definition) is 0. The first-order chi connectivity index (χ1) is 7.13. The highest BCUT2D eigenvalue weighted by molar-refractivity contribution is 5.85. The third-order valence-corrected chi connectivity index (χ3v) is 3.04. The van der Waals surface area contributed by atoms with E-state index in [1.807, 2.05) is 6.07 Å². The number of ether oxygens (including phenoxy) is 1. The van der Waals surface area contributed by atoms with E-state index >= 15 is 0 Å². The molecule has 0 bridgehead atoms. The normalized spacial score (nSPS) is 10.7. The largest absolute Gasteiger partial charge is 0.495 e. The van der Waals surface area contributed by atoms with E-state index in [4.69, 9.17) is 4.74 Å². The Kier molecular flexibility index (Phi) is 2.35. The van der Waals surface area contributed by atoms with E-state index in [1.165, 1.54) is 22.1 Å². The third kappa shape index (κ3) is 1.56. The zero-order chi connectivity index (χ0) is 11.0. The van der Waals surface area contributed by atoms with Gasteiger partial charge in [0.05, 0.1) is 18.8 Å². The van der Waals surface area contributed by atoms with Crippen molar-refractivity contribution in [2.75, 3.05) is 7.11 Å². The van der Waals surface area contributed by atoms with E-state index < -0.39 is 0 Å². The van der Waals surface area contributed by atoms with E-state index in [9.17, 15) is 0 Å². The van der Waals surface area contributed by atoms with Gasteiger partial charge in [0.25, 0.3) is 0 Å². The van der Waals surface area contributed by atoms with E-state index in [-0.39, 0.29) is 0 Å². The van der Waals surface area contributed by atoms with Gasteiger partial charge in [-0.05, 0) is 49.6 Å². The maximum absolute atomic E-state index is 5.18. The molecule has 2 heteroatoms. The van der Waals surface area contributed by atoms with Crippen LogP contribution in [0.2, 0.25) is 0 Å². The van der Waals surface area contributed by atoms with Crippen LogP contribution in [0.25, 0.3) is 10.9 Å². The second-order valence-electron chi connectivity index (χ2n) is 3.89. The Bertz CT molecular complexity index is 517. The van der Waals surface area contributed by atoms with Crippen molar-refractivity contribution in [2.24, 2.45) is 0 Å². The van der Waals surface area contributed by atoms with Gasteiger partial charge >= 0.3 is 0 Å². The molecular formula is C13H15NO. The Morgan fingerprint density at radius 3 is 2.47 bits per heavy atom. The Hall–Kier alpha value is -1.57. The Morgan fingerprint density at radius 1 is 1.07 bits per heavy atom. The molecule has 1 aromatic carbocycles. The van der Waals surface area contributed by atoms with Crippen molar-refractivity contribution < 1.29 is 4.74 Å². The molecule has 1 aromatic heterocycles. The zero-order valence-electron chi connectivity index (χ0n) is 9.59. The SMILES string of the molecule is COc1cnc2cc(C)c(C)c(C)c2c1. The summed E-state index contributed by atoms with van der Waals surface area (Å²) in [5.74, 6) is 0.814. The molecule has 0 atom stereocenters. The number of aromatic nitrogens is 1. The Balaban J connectivity index is 2.81. The molecule has 0 fully saturated rings. The van der Waals surface area contributed by atoms with Gasteiger partial charge < -0.3 is 4.74 Å². The van der Waals surface area contributed by atoms with Crippen LogP contribution >= 0.6 is 0 Å². The molecule has 0 spiro atoms. The summed E-state index contributed by atoms with van der Waals surface area (Å²) in [5.41, 5.74) is 4.95. The number of fused-ring (bicyclic) bond motifs is 1. The molecule has 2 aromatic rings. The molecule has 2 rings (SSSR count). The predicted molar refractivity (Wildman–Crippen MR) is 62.5 cm³/mol. The predicted octanol–water partition coefficient (Wildman–Crippen LogP) is 3.17. The minimum atomic E-state index is 0.814. The van der Waals surface area contributed by atoms with Crippen LogP contribution in [-0.4, -0.2) is 12.1 Å². The molecule has 0 radical (unpaired) electrons. The monoisotopic (exact) mass is 201 g/mol. The quantitative estimate of drug-likeness (QED) is 0.707. The van der Waals surface area contributed by atoms with E-state index in [2.05, 4.69) is 31.8 Å². The molecule has 2 nitrogen and oxygen atoms in total. The van der Waals surface area contributed by atoms with Crippen molar-refractivity contribution in [3.8, 4) is 5.75 Å². The molecule has 0 aliphatic carbocycles. The highest BCUT2D eigenvalue weighted by atomic mass is 16.5. The molecule has 1 heterocycles. The molecular weight excluding hydrogens is 186 g/mol. The van der Waals surface area contributed by atoms with Crippen LogP contribution in [0, 0.1) is 20.8 Å². The van der Waals surface area contributed by atoms with Crippen molar-refractivity contribution >= 4 is 10.9 Å². The summed E-state index contributed by atoms with van der Waals surface area (Å²) >= 11 is 0. The lowest BCUT2D eigenvalue weighted by Crippen LogP contribution is -1.92. The number of methoxy groups -OCH3 is 1. The van der Waals surface area contributed by atoms with Gasteiger partial charge in [0.2, 0.25) is 0 Å². The minimum Gasteiger partial charge on any atom is -0.495 e. The first kappa shape index (κ1) is 9.97. The summed E-state index contributed by atoms with van der Waals surface area (Å²) in [5, 5.41) is 1.18. The van der Waals surface area contributed by atoms with Crippen molar-refractivity contribution in [3.63, 3.8) is 0 Å². The summed E-state index contributed by atoms with van der Waals surface area (Å²) in [6, 6.07) is 4.17. The number of nitrogens with zero attached hydrogens (tertiary/aromatic N) is 1. The van der Waals surface area contributed by atoms with Gasteiger partial charge in [-0.3, -0.25) is 4.98 Å².